The summed E-state index contributed by atoms with van der Waals surface area (Å²) < 4.78 is 0. The van der Waals surface area contributed by atoms with E-state index in [4.69, 9.17) is 11.6 Å². The number of nitrogens with one attached hydrogen (secondary N) is 2. The summed E-state index contributed by atoms with van der Waals surface area (Å²) in [5.41, 5.74) is 3.61. The monoisotopic (exact) mass is 310 g/mol. The molecule has 0 saturated heterocycles. The minimum absolute atomic E-state index is 0.185. The van der Waals surface area contributed by atoms with Crippen molar-refractivity contribution in [3.05, 3.63) is 70.9 Å². The molecule has 0 radical (unpaired) electrons. The summed E-state index contributed by atoms with van der Waals surface area (Å²) in [6.45, 7) is 1.88. The zero-order valence-corrected chi connectivity index (χ0v) is 12.8. The van der Waals surface area contributed by atoms with Crippen LogP contribution >= 0.6 is 11.6 Å². The molecule has 2 aromatic carbocycles. The van der Waals surface area contributed by atoms with Gasteiger partial charge in [0.2, 0.25) is 5.91 Å². The molecule has 0 aliphatic rings. The average Bonchev–Trinajstić information content (AvgIpc) is 2.93. The van der Waals surface area contributed by atoms with Crippen molar-refractivity contribution in [2.75, 3.05) is 5.32 Å². The molecule has 0 fully saturated rings. The molecule has 3 nitrogen and oxygen atoms in total. The smallest absolute Gasteiger partial charge is 0.248 e. The van der Waals surface area contributed by atoms with Crippen LogP contribution in [-0.4, -0.2) is 10.9 Å². The minimum Gasteiger partial charge on any atom is -0.361 e. The van der Waals surface area contributed by atoms with E-state index in [0.29, 0.717) is 5.02 Å². The van der Waals surface area contributed by atoms with Crippen LogP contribution in [0.3, 0.4) is 0 Å². The molecule has 3 rings (SSSR count). The number of hydrogen-bond donors (Lipinski definition) is 2. The van der Waals surface area contributed by atoms with E-state index in [2.05, 4.69) is 10.3 Å². The molecule has 4 heteroatoms. The normalized spacial score (nSPS) is 11.2. The summed E-state index contributed by atoms with van der Waals surface area (Å²) in [5, 5.41) is 4.57. The highest BCUT2D eigenvalue weighted by atomic mass is 35.5. The van der Waals surface area contributed by atoms with Crippen LogP contribution < -0.4 is 5.32 Å². The molecule has 0 atom stereocenters. The number of benzene rings is 2. The number of rotatable bonds is 3. The maximum absolute atomic E-state index is 12.1. The highest BCUT2D eigenvalue weighted by molar-refractivity contribution is 6.31. The minimum atomic E-state index is -0.185. The molecular weight excluding hydrogens is 296 g/mol. The van der Waals surface area contributed by atoms with E-state index in [0.717, 1.165) is 27.7 Å². The molecule has 0 unspecified atom stereocenters. The second-order valence-corrected chi connectivity index (χ2v) is 5.43. The zero-order chi connectivity index (χ0) is 15.5. The van der Waals surface area contributed by atoms with Crippen molar-refractivity contribution in [2.24, 2.45) is 0 Å². The second kappa shape index (κ2) is 6.08. The SMILES string of the molecule is Cc1c(Cl)cccc1NC(=O)/C=C/c1c[nH]c2ccccc12. The Kier molecular flexibility index (Phi) is 3.98. The van der Waals surface area contributed by atoms with Crippen LogP contribution in [0.2, 0.25) is 5.02 Å². The van der Waals surface area contributed by atoms with Crippen molar-refractivity contribution in [3.63, 3.8) is 0 Å². The van der Waals surface area contributed by atoms with Crippen LogP contribution in [0.25, 0.3) is 17.0 Å². The van der Waals surface area contributed by atoms with E-state index in [1.54, 1.807) is 12.1 Å². The average molecular weight is 311 g/mol. The van der Waals surface area contributed by atoms with Gasteiger partial charge in [-0.3, -0.25) is 4.79 Å². The first-order chi connectivity index (χ1) is 10.6. The summed E-state index contributed by atoms with van der Waals surface area (Å²) in [6.07, 6.45) is 5.21. The van der Waals surface area contributed by atoms with Crippen LogP contribution in [0.15, 0.2) is 54.7 Å². The number of carbonyl (C=O) groups excluding carboxylic acids is 1. The van der Waals surface area contributed by atoms with E-state index < -0.39 is 0 Å². The summed E-state index contributed by atoms with van der Waals surface area (Å²) in [6, 6.07) is 13.4. The van der Waals surface area contributed by atoms with Crippen LogP contribution in [-0.2, 0) is 4.79 Å². The summed E-state index contributed by atoms with van der Waals surface area (Å²) in [4.78, 5) is 15.2. The number of amides is 1. The number of anilines is 1. The van der Waals surface area contributed by atoms with E-state index in [9.17, 15) is 4.79 Å². The highest BCUT2D eigenvalue weighted by Crippen LogP contribution is 2.23. The summed E-state index contributed by atoms with van der Waals surface area (Å²) in [5.74, 6) is -0.185. The third-order valence-corrected chi connectivity index (χ3v) is 3.97. The number of fused-ring (bicyclic) bond motifs is 1. The van der Waals surface area contributed by atoms with Crippen molar-refractivity contribution < 1.29 is 4.79 Å². The fraction of sp³-hybridized carbons (Fsp3) is 0.0556. The molecule has 0 bridgehead atoms. The Bertz CT molecular complexity index is 864. The van der Waals surface area contributed by atoms with E-state index in [-0.39, 0.29) is 5.91 Å². The van der Waals surface area contributed by atoms with Gasteiger partial charge in [-0.1, -0.05) is 35.9 Å². The molecule has 22 heavy (non-hydrogen) atoms. The van der Waals surface area contributed by atoms with Crippen molar-refractivity contribution in [2.45, 2.75) is 6.92 Å². The Hall–Kier alpha value is -2.52. The molecule has 0 saturated carbocycles. The van der Waals surface area contributed by atoms with Gasteiger partial charge >= 0.3 is 0 Å². The largest absolute Gasteiger partial charge is 0.361 e. The van der Waals surface area contributed by atoms with Crippen LogP contribution in [0.1, 0.15) is 11.1 Å². The Labute approximate surface area is 133 Å². The van der Waals surface area contributed by atoms with Gasteiger partial charge in [-0.25, -0.2) is 0 Å². The van der Waals surface area contributed by atoms with Gasteiger partial charge in [0.25, 0.3) is 0 Å². The number of hydrogen-bond acceptors (Lipinski definition) is 1. The third-order valence-electron chi connectivity index (χ3n) is 3.56. The molecule has 1 amide bonds. The number of carbonyl (C=O) groups is 1. The molecule has 1 aromatic heterocycles. The van der Waals surface area contributed by atoms with E-state index in [1.165, 1.54) is 6.08 Å². The third kappa shape index (κ3) is 2.90. The first-order valence-electron chi connectivity index (χ1n) is 6.95. The molecule has 3 aromatic rings. The lowest BCUT2D eigenvalue weighted by atomic mass is 10.1. The Morgan fingerprint density at radius 1 is 1.18 bits per heavy atom. The predicted molar refractivity (Wildman–Crippen MR) is 92.2 cm³/mol. The molecule has 0 aliphatic carbocycles. The standard InChI is InChI=1S/C18H15ClN2O/c1-12-15(19)6-4-8-16(12)21-18(22)10-9-13-11-20-17-7-3-2-5-14(13)17/h2-11,20H,1H3,(H,21,22)/b10-9+. The van der Waals surface area contributed by atoms with Gasteiger partial charge in [0.15, 0.2) is 0 Å². The molecule has 1 heterocycles. The Morgan fingerprint density at radius 2 is 2.00 bits per heavy atom. The molecule has 0 aliphatic heterocycles. The number of halogens is 1. The van der Waals surface area contributed by atoms with Crippen molar-refractivity contribution in [1.82, 2.24) is 4.98 Å². The first kappa shape index (κ1) is 14.4. The van der Waals surface area contributed by atoms with Gasteiger partial charge in [0.1, 0.15) is 0 Å². The molecule has 0 spiro atoms. The van der Waals surface area contributed by atoms with Crippen LogP contribution in [0.5, 0.6) is 0 Å². The summed E-state index contributed by atoms with van der Waals surface area (Å²) in [7, 11) is 0. The maximum Gasteiger partial charge on any atom is 0.248 e. The van der Waals surface area contributed by atoms with Crippen molar-refractivity contribution in [3.8, 4) is 0 Å². The maximum atomic E-state index is 12.1. The molecule has 2 N–H and O–H groups in total. The van der Waals surface area contributed by atoms with E-state index in [1.807, 2.05) is 49.5 Å². The number of aromatic nitrogens is 1. The lowest BCUT2D eigenvalue weighted by Crippen LogP contribution is -2.08. The van der Waals surface area contributed by atoms with Gasteiger partial charge in [0, 0.05) is 33.9 Å². The van der Waals surface area contributed by atoms with Gasteiger partial charge in [-0.2, -0.15) is 0 Å². The van der Waals surface area contributed by atoms with Gasteiger partial charge in [0.05, 0.1) is 0 Å². The first-order valence-corrected chi connectivity index (χ1v) is 7.33. The van der Waals surface area contributed by atoms with Gasteiger partial charge < -0.3 is 10.3 Å². The zero-order valence-electron chi connectivity index (χ0n) is 12.1. The molecular formula is C18H15ClN2O. The Morgan fingerprint density at radius 3 is 2.86 bits per heavy atom. The quantitative estimate of drug-likeness (QED) is 0.672. The van der Waals surface area contributed by atoms with Crippen LogP contribution in [0.4, 0.5) is 5.69 Å². The lowest BCUT2D eigenvalue weighted by Gasteiger charge is -2.07. The Balaban J connectivity index is 1.78. The lowest BCUT2D eigenvalue weighted by molar-refractivity contribution is -0.111. The number of aromatic amines is 1. The number of H-pyrrole nitrogens is 1. The van der Waals surface area contributed by atoms with Crippen molar-refractivity contribution >= 4 is 40.2 Å². The van der Waals surface area contributed by atoms with E-state index >= 15 is 0 Å². The predicted octanol–water partition coefficient (Wildman–Crippen LogP) is 4.78. The molecule has 110 valence electrons. The fourth-order valence-corrected chi connectivity index (χ4v) is 2.49. The van der Waals surface area contributed by atoms with Gasteiger partial charge in [-0.05, 0) is 42.3 Å². The topological polar surface area (TPSA) is 44.9 Å². The number of para-hydroxylation sites is 1. The van der Waals surface area contributed by atoms with Crippen LogP contribution in [0, 0.1) is 6.92 Å². The second-order valence-electron chi connectivity index (χ2n) is 5.02. The fourth-order valence-electron chi connectivity index (χ4n) is 2.31. The van der Waals surface area contributed by atoms with Crippen molar-refractivity contribution in [1.29, 1.82) is 0 Å². The summed E-state index contributed by atoms with van der Waals surface area (Å²) >= 11 is 6.05. The van der Waals surface area contributed by atoms with Gasteiger partial charge in [-0.15, -0.1) is 0 Å². The highest BCUT2D eigenvalue weighted by Gasteiger charge is 2.05.